The van der Waals surface area contributed by atoms with Crippen LogP contribution in [0.1, 0.15) is 17.0 Å². The van der Waals surface area contributed by atoms with E-state index >= 15 is 0 Å². The molecule has 7 nitrogen and oxygen atoms in total. The Morgan fingerprint density at radius 1 is 1.00 bits per heavy atom. The van der Waals surface area contributed by atoms with Gasteiger partial charge in [0.05, 0.1) is 23.5 Å². The number of fused-ring (bicyclic) bond motifs is 2. The van der Waals surface area contributed by atoms with Crippen molar-refractivity contribution in [3.63, 3.8) is 0 Å². The van der Waals surface area contributed by atoms with Crippen LogP contribution in [0.5, 0.6) is 0 Å². The number of benzene rings is 2. The van der Waals surface area contributed by atoms with Crippen LogP contribution in [0.15, 0.2) is 58.1 Å². The first-order valence-electron chi connectivity index (χ1n) is 9.47. The molecular weight excluding hydrogens is 416 g/mol. The Labute approximate surface area is 180 Å². The van der Waals surface area contributed by atoms with Crippen molar-refractivity contribution >= 4 is 34.2 Å². The lowest BCUT2D eigenvalue weighted by molar-refractivity contribution is -0.118. The molecule has 0 bridgehead atoms. The van der Waals surface area contributed by atoms with Crippen molar-refractivity contribution in [2.75, 3.05) is 11.4 Å². The lowest BCUT2D eigenvalue weighted by Crippen LogP contribution is -2.30. The van der Waals surface area contributed by atoms with Gasteiger partial charge in [-0.3, -0.25) is 24.5 Å². The number of terminal acetylenes is 1. The molecule has 152 valence electrons. The Morgan fingerprint density at radius 2 is 1.74 bits per heavy atom. The number of para-hydroxylation sites is 1. The quantitative estimate of drug-likeness (QED) is 0.435. The lowest BCUT2D eigenvalue weighted by atomic mass is 9.89. The fourth-order valence-corrected chi connectivity index (χ4v) is 4.33. The average molecular weight is 431 g/mol. The maximum Gasteiger partial charge on any atom is 0.327 e. The largest absolute Gasteiger partial charge is 0.340 e. The zero-order chi connectivity index (χ0) is 21.7. The molecule has 2 aromatic carbocycles. The molecule has 0 fully saturated rings. The van der Waals surface area contributed by atoms with Gasteiger partial charge in [-0.1, -0.05) is 47.9 Å². The van der Waals surface area contributed by atoms with Gasteiger partial charge in [-0.05, 0) is 29.3 Å². The zero-order valence-electron chi connectivity index (χ0n) is 16.0. The fraction of sp³-hybridized carbons (Fsp3) is 0.0870. The molecule has 0 saturated carbocycles. The van der Waals surface area contributed by atoms with Gasteiger partial charge in [-0.15, -0.1) is 6.42 Å². The van der Waals surface area contributed by atoms with Gasteiger partial charge in [0.15, 0.2) is 0 Å². The number of amides is 1. The van der Waals surface area contributed by atoms with Gasteiger partial charge < -0.3 is 4.98 Å². The van der Waals surface area contributed by atoms with Gasteiger partial charge in [0.1, 0.15) is 5.65 Å². The number of carbonyl (C=O) groups excluding carboxylic acids is 1. The molecule has 1 atom stereocenters. The number of aromatic nitrogens is 3. The topological polar surface area (TPSA) is 102 Å². The number of anilines is 1. The van der Waals surface area contributed by atoms with Gasteiger partial charge in [-0.2, -0.15) is 0 Å². The van der Waals surface area contributed by atoms with E-state index in [9.17, 15) is 14.4 Å². The molecule has 0 aliphatic carbocycles. The molecule has 3 N–H and O–H groups in total. The summed E-state index contributed by atoms with van der Waals surface area (Å²) in [7, 11) is 0. The Balaban J connectivity index is 1.86. The van der Waals surface area contributed by atoms with Crippen molar-refractivity contribution in [3.8, 4) is 23.6 Å². The van der Waals surface area contributed by atoms with Crippen LogP contribution in [0.3, 0.4) is 0 Å². The van der Waals surface area contributed by atoms with E-state index in [1.807, 2.05) is 24.3 Å². The van der Waals surface area contributed by atoms with Crippen molar-refractivity contribution < 1.29 is 4.79 Å². The Bertz CT molecular complexity index is 1510. The predicted molar refractivity (Wildman–Crippen MR) is 119 cm³/mol. The van der Waals surface area contributed by atoms with Gasteiger partial charge in [0.25, 0.3) is 5.56 Å². The van der Waals surface area contributed by atoms with Crippen LogP contribution in [-0.4, -0.2) is 27.4 Å². The van der Waals surface area contributed by atoms with Gasteiger partial charge in [0.2, 0.25) is 5.91 Å². The molecule has 8 heteroatoms. The molecule has 3 heterocycles. The molecule has 1 amide bonds. The Morgan fingerprint density at radius 3 is 2.48 bits per heavy atom. The molecule has 1 aliphatic rings. The maximum atomic E-state index is 13.5. The number of aromatic amines is 3. The molecule has 1 unspecified atom stereocenters. The van der Waals surface area contributed by atoms with Crippen LogP contribution in [0.4, 0.5) is 5.69 Å². The smallest absolute Gasteiger partial charge is 0.327 e. The summed E-state index contributed by atoms with van der Waals surface area (Å²) in [6, 6.07) is 14.3. The number of rotatable bonds is 3. The van der Waals surface area contributed by atoms with Crippen LogP contribution >= 0.6 is 11.6 Å². The minimum absolute atomic E-state index is 0.109. The molecule has 5 rings (SSSR count). The normalized spacial score (nSPS) is 15.3. The molecule has 0 saturated heterocycles. The van der Waals surface area contributed by atoms with Gasteiger partial charge >= 0.3 is 5.69 Å². The van der Waals surface area contributed by atoms with Crippen LogP contribution in [0.25, 0.3) is 22.3 Å². The third-order valence-electron chi connectivity index (χ3n) is 5.45. The SMILES string of the molecule is C#CCN1C(=O)C(c2c(-c3ccc(Cl)cc3)[nH]c3[nH]c(=O)[nH]c(=O)c23)c2ccccc21. The summed E-state index contributed by atoms with van der Waals surface area (Å²) in [5.74, 6) is 1.52. The molecular formula is C23H15ClN4O3. The first kappa shape index (κ1) is 19.0. The molecule has 31 heavy (non-hydrogen) atoms. The van der Waals surface area contributed by atoms with E-state index in [0.29, 0.717) is 22.0 Å². The second-order valence-corrected chi connectivity index (χ2v) is 7.64. The summed E-state index contributed by atoms with van der Waals surface area (Å²) in [6.45, 7) is 0.109. The molecule has 4 aromatic rings. The molecule has 0 spiro atoms. The number of H-pyrrole nitrogens is 3. The Hall–Kier alpha value is -4.02. The monoisotopic (exact) mass is 430 g/mol. The van der Waals surface area contributed by atoms with E-state index < -0.39 is 17.2 Å². The molecule has 1 aliphatic heterocycles. The number of nitrogens with zero attached hydrogens (tertiary/aromatic N) is 1. The highest BCUT2D eigenvalue weighted by Gasteiger charge is 2.41. The van der Waals surface area contributed by atoms with Crippen LogP contribution < -0.4 is 16.1 Å². The summed E-state index contributed by atoms with van der Waals surface area (Å²) < 4.78 is 0. The summed E-state index contributed by atoms with van der Waals surface area (Å²) in [6.07, 6.45) is 5.50. The second-order valence-electron chi connectivity index (χ2n) is 7.20. The van der Waals surface area contributed by atoms with E-state index in [1.54, 1.807) is 24.3 Å². The van der Waals surface area contributed by atoms with Crippen molar-refractivity contribution in [1.29, 1.82) is 0 Å². The summed E-state index contributed by atoms with van der Waals surface area (Å²) in [5, 5.41) is 0.774. The number of nitrogens with one attached hydrogen (secondary N) is 3. The first-order valence-corrected chi connectivity index (χ1v) is 9.85. The standard InChI is InChI=1S/C23H15ClN4O3/c1-2-11-28-15-6-4-3-5-14(15)16(22(28)30)17-18-20(26-23(31)27-21(18)29)25-19(17)12-7-9-13(24)10-8-12/h1,3-10,16H,11H2,(H3,25,26,27,29,31). The first-order chi connectivity index (χ1) is 15.0. The average Bonchev–Trinajstić information content (AvgIpc) is 3.24. The van der Waals surface area contributed by atoms with Crippen molar-refractivity contribution in [3.05, 3.63) is 85.5 Å². The number of hydrogen-bond acceptors (Lipinski definition) is 3. The number of halogens is 1. The summed E-state index contributed by atoms with van der Waals surface area (Å²) in [5.41, 5.74) is 2.22. The highest BCUT2D eigenvalue weighted by molar-refractivity contribution is 6.30. The van der Waals surface area contributed by atoms with E-state index in [1.165, 1.54) is 4.90 Å². The molecule has 0 radical (unpaired) electrons. The van der Waals surface area contributed by atoms with Crippen molar-refractivity contribution in [2.24, 2.45) is 0 Å². The highest BCUT2D eigenvalue weighted by Crippen LogP contribution is 2.45. The minimum atomic E-state index is -0.768. The van der Waals surface area contributed by atoms with Crippen molar-refractivity contribution in [2.45, 2.75) is 5.92 Å². The fourth-order valence-electron chi connectivity index (χ4n) is 4.21. The van der Waals surface area contributed by atoms with Gasteiger partial charge in [0, 0.05) is 16.3 Å². The van der Waals surface area contributed by atoms with Gasteiger partial charge in [-0.25, -0.2) is 4.79 Å². The van der Waals surface area contributed by atoms with Crippen LogP contribution in [0.2, 0.25) is 5.02 Å². The third kappa shape index (κ3) is 2.88. The van der Waals surface area contributed by atoms with Crippen LogP contribution in [0, 0.1) is 12.3 Å². The van der Waals surface area contributed by atoms with E-state index in [2.05, 4.69) is 20.9 Å². The third-order valence-corrected chi connectivity index (χ3v) is 5.71. The minimum Gasteiger partial charge on any atom is -0.340 e. The second kappa shape index (κ2) is 7.04. The van der Waals surface area contributed by atoms with E-state index in [0.717, 1.165) is 11.1 Å². The zero-order valence-corrected chi connectivity index (χ0v) is 16.8. The number of carbonyl (C=O) groups is 1. The molecule has 2 aromatic heterocycles. The highest BCUT2D eigenvalue weighted by atomic mass is 35.5. The van der Waals surface area contributed by atoms with E-state index in [4.69, 9.17) is 18.0 Å². The van der Waals surface area contributed by atoms with Crippen LogP contribution in [-0.2, 0) is 4.79 Å². The lowest BCUT2D eigenvalue weighted by Gasteiger charge is -2.15. The summed E-state index contributed by atoms with van der Waals surface area (Å²) in [4.78, 5) is 47.8. The maximum absolute atomic E-state index is 13.5. The van der Waals surface area contributed by atoms with Crippen molar-refractivity contribution in [1.82, 2.24) is 15.0 Å². The summed E-state index contributed by atoms with van der Waals surface area (Å²) >= 11 is 6.04. The predicted octanol–water partition coefficient (Wildman–Crippen LogP) is 2.98. The Kier molecular flexibility index (Phi) is 4.31. The number of hydrogen-bond donors (Lipinski definition) is 3. The van der Waals surface area contributed by atoms with E-state index in [-0.39, 0.29) is 23.5 Å².